The van der Waals surface area contributed by atoms with Crippen molar-refractivity contribution in [3.05, 3.63) is 65.2 Å². The van der Waals surface area contributed by atoms with E-state index in [1.54, 1.807) is 36.4 Å². The number of aliphatic carboxylic acids is 1. The van der Waals surface area contributed by atoms with Gasteiger partial charge in [-0.15, -0.1) is 0 Å². The molecule has 116 valence electrons. The summed E-state index contributed by atoms with van der Waals surface area (Å²) in [5.41, 5.74) is 0.719. The molecular weight excluding hydrogens is 326 g/mol. The van der Waals surface area contributed by atoms with Gasteiger partial charge in [0.15, 0.2) is 0 Å². The Hall–Kier alpha value is -1.89. The maximum absolute atomic E-state index is 12.3. The van der Waals surface area contributed by atoms with E-state index in [1.165, 1.54) is 18.2 Å². The minimum absolute atomic E-state index is 0.0406. The van der Waals surface area contributed by atoms with E-state index >= 15 is 0 Å². The summed E-state index contributed by atoms with van der Waals surface area (Å²) in [6.45, 7) is 0. The Morgan fingerprint density at radius 3 is 2.27 bits per heavy atom. The second-order valence-corrected chi connectivity index (χ2v) is 6.72. The molecule has 2 N–H and O–H groups in total. The summed E-state index contributed by atoms with van der Waals surface area (Å²) in [4.78, 5) is 11.2. The fraction of sp³-hybridized carbons (Fsp3) is 0.133. The molecule has 0 aromatic heterocycles. The molecule has 0 bridgehead atoms. The van der Waals surface area contributed by atoms with Crippen molar-refractivity contribution in [1.82, 2.24) is 4.72 Å². The van der Waals surface area contributed by atoms with Crippen molar-refractivity contribution in [2.75, 3.05) is 0 Å². The van der Waals surface area contributed by atoms with Crippen molar-refractivity contribution >= 4 is 27.6 Å². The molecule has 0 radical (unpaired) electrons. The first-order valence-electron chi connectivity index (χ1n) is 6.44. The van der Waals surface area contributed by atoms with Gasteiger partial charge in [-0.3, -0.25) is 4.79 Å². The molecule has 7 heteroatoms. The number of sulfonamides is 1. The summed E-state index contributed by atoms with van der Waals surface area (Å²) in [5.74, 6) is -1.25. The van der Waals surface area contributed by atoms with Crippen LogP contribution in [0.5, 0.6) is 0 Å². The number of carboxylic acid groups (broad SMARTS) is 1. The molecule has 0 saturated heterocycles. The van der Waals surface area contributed by atoms with Gasteiger partial charge in [-0.25, -0.2) is 8.42 Å². The monoisotopic (exact) mass is 339 g/mol. The third kappa shape index (κ3) is 4.07. The molecule has 0 aliphatic rings. The summed E-state index contributed by atoms with van der Waals surface area (Å²) in [7, 11) is -4.02. The summed E-state index contributed by atoms with van der Waals surface area (Å²) in [6.07, 6.45) is 0.0415. The lowest BCUT2D eigenvalue weighted by Gasteiger charge is -2.15. The zero-order valence-electron chi connectivity index (χ0n) is 11.4. The normalized spacial score (nSPS) is 12.8. The Morgan fingerprint density at radius 2 is 1.68 bits per heavy atom. The van der Waals surface area contributed by atoms with Gasteiger partial charge in [0, 0.05) is 0 Å². The van der Waals surface area contributed by atoms with E-state index in [1.807, 2.05) is 0 Å². The number of hydrogen-bond acceptors (Lipinski definition) is 3. The Balaban J connectivity index is 2.24. The molecule has 1 unspecified atom stereocenters. The highest BCUT2D eigenvalue weighted by Gasteiger charge is 2.26. The van der Waals surface area contributed by atoms with E-state index in [9.17, 15) is 18.3 Å². The molecular formula is C15H14ClNO4S. The van der Waals surface area contributed by atoms with Crippen LogP contribution in [-0.2, 0) is 21.2 Å². The average Bonchev–Trinajstić information content (AvgIpc) is 2.47. The Bertz CT molecular complexity index is 762. The average molecular weight is 340 g/mol. The fourth-order valence-electron chi connectivity index (χ4n) is 1.94. The highest BCUT2D eigenvalue weighted by Crippen LogP contribution is 2.20. The minimum atomic E-state index is -4.02. The van der Waals surface area contributed by atoms with E-state index in [0.717, 1.165) is 5.56 Å². The zero-order chi connectivity index (χ0) is 16.2. The maximum atomic E-state index is 12.3. The lowest BCUT2D eigenvalue weighted by atomic mass is 10.1. The first-order valence-corrected chi connectivity index (χ1v) is 8.30. The lowest BCUT2D eigenvalue weighted by molar-refractivity contribution is -0.138. The highest BCUT2D eigenvalue weighted by molar-refractivity contribution is 7.89. The van der Waals surface area contributed by atoms with Crippen LogP contribution in [0.4, 0.5) is 0 Å². The molecule has 5 nitrogen and oxygen atoms in total. The van der Waals surface area contributed by atoms with Crippen LogP contribution in [0.15, 0.2) is 59.5 Å². The number of carboxylic acids is 1. The first-order chi connectivity index (χ1) is 10.4. The fourth-order valence-corrected chi connectivity index (χ4v) is 3.65. The van der Waals surface area contributed by atoms with Crippen LogP contribution in [-0.4, -0.2) is 25.5 Å². The number of halogens is 1. The van der Waals surface area contributed by atoms with Crippen LogP contribution in [0.3, 0.4) is 0 Å². The zero-order valence-corrected chi connectivity index (χ0v) is 13.0. The molecule has 2 rings (SSSR count). The Morgan fingerprint density at radius 1 is 1.09 bits per heavy atom. The minimum Gasteiger partial charge on any atom is -0.480 e. The van der Waals surface area contributed by atoms with E-state index < -0.39 is 22.0 Å². The molecule has 0 spiro atoms. The van der Waals surface area contributed by atoms with Crippen LogP contribution >= 0.6 is 11.6 Å². The van der Waals surface area contributed by atoms with Crippen molar-refractivity contribution < 1.29 is 18.3 Å². The second-order valence-electron chi connectivity index (χ2n) is 4.63. The topological polar surface area (TPSA) is 83.5 Å². The summed E-state index contributed by atoms with van der Waals surface area (Å²) >= 11 is 5.87. The summed E-state index contributed by atoms with van der Waals surface area (Å²) in [6, 6.07) is 13.4. The van der Waals surface area contributed by atoms with Crippen LogP contribution in [0.1, 0.15) is 5.56 Å². The maximum Gasteiger partial charge on any atom is 0.322 e. The molecule has 2 aromatic rings. The highest BCUT2D eigenvalue weighted by atomic mass is 35.5. The number of benzene rings is 2. The Labute approximate surface area is 133 Å². The van der Waals surface area contributed by atoms with Crippen LogP contribution < -0.4 is 4.72 Å². The quantitative estimate of drug-likeness (QED) is 0.846. The predicted molar refractivity (Wildman–Crippen MR) is 83.3 cm³/mol. The van der Waals surface area contributed by atoms with Gasteiger partial charge in [0.1, 0.15) is 10.9 Å². The van der Waals surface area contributed by atoms with Gasteiger partial charge < -0.3 is 5.11 Å². The molecule has 22 heavy (non-hydrogen) atoms. The molecule has 0 aliphatic heterocycles. The lowest BCUT2D eigenvalue weighted by Crippen LogP contribution is -2.42. The molecule has 0 fully saturated rings. The molecule has 0 heterocycles. The van der Waals surface area contributed by atoms with Crippen molar-refractivity contribution in [2.24, 2.45) is 0 Å². The van der Waals surface area contributed by atoms with Gasteiger partial charge in [-0.2, -0.15) is 4.72 Å². The molecule has 0 saturated carbocycles. The van der Waals surface area contributed by atoms with Crippen molar-refractivity contribution in [3.63, 3.8) is 0 Å². The first kappa shape index (κ1) is 16.5. The van der Waals surface area contributed by atoms with E-state index in [-0.39, 0.29) is 16.3 Å². The summed E-state index contributed by atoms with van der Waals surface area (Å²) in [5, 5.41) is 9.29. The van der Waals surface area contributed by atoms with Crippen LogP contribution in [0.25, 0.3) is 0 Å². The van der Waals surface area contributed by atoms with Crippen molar-refractivity contribution in [1.29, 1.82) is 0 Å². The van der Waals surface area contributed by atoms with E-state index in [0.29, 0.717) is 0 Å². The van der Waals surface area contributed by atoms with Crippen molar-refractivity contribution in [3.8, 4) is 0 Å². The van der Waals surface area contributed by atoms with Crippen LogP contribution in [0, 0.1) is 0 Å². The molecule has 0 aliphatic carbocycles. The van der Waals surface area contributed by atoms with E-state index in [4.69, 9.17) is 11.6 Å². The number of nitrogens with one attached hydrogen (secondary N) is 1. The van der Waals surface area contributed by atoms with Gasteiger partial charge >= 0.3 is 5.97 Å². The SMILES string of the molecule is O=C(O)C(Cc1ccccc1)NS(=O)(=O)c1ccccc1Cl. The third-order valence-electron chi connectivity index (χ3n) is 3.00. The number of carbonyl (C=O) groups is 1. The molecule has 1 atom stereocenters. The van der Waals surface area contributed by atoms with Gasteiger partial charge in [0.2, 0.25) is 10.0 Å². The predicted octanol–water partition coefficient (Wildman–Crippen LogP) is 2.31. The Kier molecular flexibility index (Phi) is 5.18. The van der Waals surface area contributed by atoms with Gasteiger partial charge in [-0.05, 0) is 24.1 Å². The number of rotatable bonds is 6. The van der Waals surface area contributed by atoms with Crippen LogP contribution in [0.2, 0.25) is 5.02 Å². The largest absolute Gasteiger partial charge is 0.480 e. The van der Waals surface area contributed by atoms with Crippen molar-refractivity contribution in [2.45, 2.75) is 17.4 Å². The smallest absolute Gasteiger partial charge is 0.322 e. The molecule has 0 amide bonds. The van der Waals surface area contributed by atoms with Gasteiger partial charge in [-0.1, -0.05) is 54.1 Å². The van der Waals surface area contributed by atoms with E-state index in [2.05, 4.69) is 4.72 Å². The standard InChI is InChI=1S/C15H14ClNO4S/c16-12-8-4-5-9-14(12)22(20,21)17-13(15(18)19)10-11-6-2-1-3-7-11/h1-9,13,17H,10H2,(H,18,19). The third-order valence-corrected chi connectivity index (χ3v) is 4.98. The number of hydrogen-bond donors (Lipinski definition) is 2. The van der Waals surface area contributed by atoms with Gasteiger partial charge in [0.05, 0.1) is 5.02 Å². The summed E-state index contributed by atoms with van der Waals surface area (Å²) < 4.78 is 26.8. The second kappa shape index (κ2) is 6.91. The molecule has 2 aromatic carbocycles. The van der Waals surface area contributed by atoms with Gasteiger partial charge in [0.25, 0.3) is 0 Å².